The van der Waals surface area contributed by atoms with Crippen LogP contribution in [0.2, 0.25) is 0 Å². The number of carbonyl (C=O) groups excluding carboxylic acids is 1. The maximum absolute atomic E-state index is 12.2. The molecule has 1 aliphatic carbocycles. The Bertz CT molecular complexity index is 522. The molecule has 19 heavy (non-hydrogen) atoms. The summed E-state index contributed by atoms with van der Waals surface area (Å²) in [6.07, 6.45) is 2.37. The first kappa shape index (κ1) is 13.0. The van der Waals surface area contributed by atoms with Gasteiger partial charge < -0.3 is 10.4 Å². The number of thioether (sulfide) groups is 1. The number of aliphatic carboxylic acids is 1. The number of amides is 1. The molecule has 0 radical (unpaired) electrons. The van der Waals surface area contributed by atoms with E-state index in [1.807, 2.05) is 11.4 Å². The highest BCUT2D eigenvalue weighted by Crippen LogP contribution is 2.45. The second-order valence-electron chi connectivity index (χ2n) is 5.10. The Labute approximate surface area is 119 Å². The van der Waals surface area contributed by atoms with Crippen molar-refractivity contribution in [2.75, 3.05) is 12.3 Å². The van der Waals surface area contributed by atoms with Crippen molar-refractivity contribution in [2.45, 2.75) is 24.5 Å². The third kappa shape index (κ3) is 2.39. The third-order valence-electron chi connectivity index (χ3n) is 3.82. The van der Waals surface area contributed by atoms with Crippen molar-refractivity contribution < 1.29 is 14.7 Å². The van der Waals surface area contributed by atoms with Gasteiger partial charge in [0.15, 0.2) is 0 Å². The number of hydrogen-bond acceptors (Lipinski definition) is 4. The summed E-state index contributed by atoms with van der Waals surface area (Å²) in [5, 5.41) is 13.8. The minimum absolute atomic E-state index is 0.0446. The molecule has 1 amide bonds. The highest BCUT2D eigenvalue weighted by atomic mass is 32.2. The van der Waals surface area contributed by atoms with E-state index in [9.17, 15) is 9.59 Å². The largest absolute Gasteiger partial charge is 0.481 e. The van der Waals surface area contributed by atoms with Crippen LogP contribution in [0.25, 0.3) is 0 Å². The second kappa shape index (κ2) is 4.83. The summed E-state index contributed by atoms with van der Waals surface area (Å²) in [4.78, 5) is 24.6. The van der Waals surface area contributed by atoms with E-state index in [0.29, 0.717) is 12.8 Å². The number of carbonyl (C=O) groups is 2. The van der Waals surface area contributed by atoms with Gasteiger partial charge in [-0.15, -0.1) is 23.1 Å². The maximum Gasteiger partial charge on any atom is 0.311 e. The molecule has 3 rings (SSSR count). The lowest BCUT2D eigenvalue weighted by atomic mass is 10.1. The third-order valence-corrected chi connectivity index (χ3v) is 6.06. The van der Waals surface area contributed by atoms with E-state index in [4.69, 9.17) is 5.11 Å². The van der Waals surface area contributed by atoms with E-state index in [1.54, 1.807) is 23.1 Å². The van der Waals surface area contributed by atoms with Crippen molar-refractivity contribution in [1.29, 1.82) is 0 Å². The molecule has 1 atom stereocenters. The number of carboxylic acids is 1. The Morgan fingerprint density at radius 1 is 1.47 bits per heavy atom. The van der Waals surface area contributed by atoms with Gasteiger partial charge in [0.25, 0.3) is 0 Å². The van der Waals surface area contributed by atoms with Crippen molar-refractivity contribution in [1.82, 2.24) is 5.32 Å². The zero-order chi connectivity index (χ0) is 13.5. The van der Waals surface area contributed by atoms with E-state index < -0.39 is 11.4 Å². The monoisotopic (exact) mass is 297 g/mol. The maximum atomic E-state index is 12.2. The number of fused-ring (bicyclic) bond motifs is 1. The average molecular weight is 297 g/mol. The zero-order valence-electron chi connectivity index (χ0n) is 10.3. The summed E-state index contributed by atoms with van der Waals surface area (Å²) in [7, 11) is 0. The van der Waals surface area contributed by atoms with Crippen molar-refractivity contribution in [3.05, 3.63) is 21.9 Å². The Morgan fingerprint density at radius 3 is 2.95 bits per heavy atom. The number of rotatable bonds is 4. The molecule has 2 heterocycles. The summed E-state index contributed by atoms with van der Waals surface area (Å²) in [5.74, 6) is 0.118. The first-order valence-corrected chi connectivity index (χ1v) is 8.24. The number of hydrogen-bond donors (Lipinski definition) is 2. The highest BCUT2D eigenvalue weighted by molar-refractivity contribution is 8.00. The van der Waals surface area contributed by atoms with Crippen molar-refractivity contribution in [3.8, 4) is 0 Å². The molecule has 1 aromatic rings. The van der Waals surface area contributed by atoms with Gasteiger partial charge in [0.2, 0.25) is 5.91 Å². The summed E-state index contributed by atoms with van der Waals surface area (Å²) in [6, 6.07) is 2.01. The minimum atomic E-state index is -0.791. The second-order valence-corrected chi connectivity index (χ2v) is 7.32. The van der Waals surface area contributed by atoms with E-state index in [-0.39, 0.29) is 17.7 Å². The lowest BCUT2D eigenvalue weighted by Gasteiger charge is -2.22. The fraction of sp³-hybridized carbons (Fsp3) is 0.538. The molecule has 4 nitrogen and oxygen atoms in total. The van der Waals surface area contributed by atoms with Crippen LogP contribution in [0.15, 0.2) is 11.4 Å². The van der Waals surface area contributed by atoms with Crippen LogP contribution in [0.1, 0.15) is 28.5 Å². The van der Waals surface area contributed by atoms with Crippen LogP contribution in [-0.4, -0.2) is 29.3 Å². The molecule has 1 aliphatic heterocycles. The van der Waals surface area contributed by atoms with E-state index in [0.717, 1.165) is 17.7 Å². The summed E-state index contributed by atoms with van der Waals surface area (Å²) >= 11 is 3.35. The summed E-state index contributed by atoms with van der Waals surface area (Å²) < 4.78 is 0. The predicted octanol–water partition coefficient (Wildman–Crippen LogP) is 2.06. The predicted molar refractivity (Wildman–Crippen MR) is 75.5 cm³/mol. The molecule has 2 N–H and O–H groups in total. The molecular formula is C13H15NO3S2. The quantitative estimate of drug-likeness (QED) is 0.893. The molecule has 1 unspecified atom stereocenters. The smallest absolute Gasteiger partial charge is 0.311 e. The van der Waals surface area contributed by atoms with E-state index in [1.165, 1.54) is 4.88 Å². The fourth-order valence-electron chi connectivity index (χ4n) is 2.33. The summed E-state index contributed by atoms with van der Waals surface area (Å²) in [5.41, 5.74) is 0.422. The van der Waals surface area contributed by atoms with Crippen LogP contribution in [-0.2, 0) is 16.0 Å². The van der Waals surface area contributed by atoms with Crippen LogP contribution in [0, 0.1) is 5.41 Å². The Morgan fingerprint density at radius 2 is 2.26 bits per heavy atom. The molecule has 0 spiro atoms. The van der Waals surface area contributed by atoms with Gasteiger partial charge in [-0.05, 0) is 42.0 Å². The van der Waals surface area contributed by atoms with Gasteiger partial charge in [-0.3, -0.25) is 9.59 Å². The highest BCUT2D eigenvalue weighted by Gasteiger charge is 2.50. The topological polar surface area (TPSA) is 66.4 Å². The molecule has 1 saturated carbocycles. The van der Waals surface area contributed by atoms with Crippen LogP contribution in [0.4, 0.5) is 0 Å². The Balaban J connectivity index is 1.65. The van der Waals surface area contributed by atoms with Crippen molar-refractivity contribution in [3.63, 3.8) is 0 Å². The van der Waals surface area contributed by atoms with Gasteiger partial charge in [0, 0.05) is 11.4 Å². The van der Waals surface area contributed by atoms with Crippen LogP contribution >= 0.6 is 23.1 Å². The molecule has 0 bridgehead atoms. The molecule has 2 aliphatic rings. The fourth-order valence-corrected chi connectivity index (χ4v) is 4.65. The molecule has 1 fully saturated rings. The van der Waals surface area contributed by atoms with Crippen LogP contribution in [0.5, 0.6) is 0 Å². The molecule has 1 aromatic heterocycles. The van der Waals surface area contributed by atoms with Gasteiger partial charge in [-0.25, -0.2) is 0 Å². The molecule has 0 aromatic carbocycles. The molecule has 0 saturated heterocycles. The first-order chi connectivity index (χ1) is 9.12. The number of aryl methyl sites for hydroxylation is 1. The Hall–Kier alpha value is -1.01. The van der Waals surface area contributed by atoms with Gasteiger partial charge in [0.05, 0.1) is 5.41 Å². The van der Waals surface area contributed by atoms with Crippen molar-refractivity contribution >= 4 is 35.0 Å². The first-order valence-electron chi connectivity index (χ1n) is 6.31. The van der Waals surface area contributed by atoms with Crippen LogP contribution < -0.4 is 5.32 Å². The van der Waals surface area contributed by atoms with E-state index in [2.05, 4.69) is 5.32 Å². The zero-order valence-corrected chi connectivity index (χ0v) is 12.0. The SMILES string of the molecule is O=C(NCC1(C(=O)O)CC1)C1SCCc2sccc21. The lowest BCUT2D eigenvalue weighted by molar-refractivity contribution is -0.143. The normalized spacial score (nSPS) is 23.5. The van der Waals surface area contributed by atoms with E-state index >= 15 is 0 Å². The Kier molecular flexibility index (Phi) is 3.30. The number of nitrogens with one attached hydrogen (secondary N) is 1. The molecule has 102 valence electrons. The minimum Gasteiger partial charge on any atom is -0.481 e. The van der Waals surface area contributed by atoms with Gasteiger partial charge in [-0.1, -0.05) is 0 Å². The van der Waals surface area contributed by atoms with Gasteiger partial charge >= 0.3 is 5.97 Å². The standard InChI is InChI=1S/C13H15NO3S2/c15-11(14-7-13(3-4-13)12(16)17)10-8-1-5-18-9(8)2-6-19-10/h1,5,10H,2-4,6-7H2,(H,14,15)(H,16,17). The van der Waals surface area contributed by atoms with Crippen LogP contribution in [0.3, 0.4) is 0 Å². The van der Waals surface area contributed by atoms with Crippen molar-refractivity contribution in [2.24, 2.45) is 5.41 Å². The summed E-state index contributed by atoms with van der Waals surface area (Å²) in [6.45, 7) is 0.262. The lowest BCUT2D eigenvalue weighted by Crippen LogP contribution is -2.37. The van der Waals surface area contributed by atoms with Gasteiger partial charge in [0.1, 0.15) is 5.25 Å². The molecular weight excluding hydrogens is 282 g/mol. The molecule has 6 heteroatoms. The average Bonchev–Trinajstić information content (AvgIpc) is 3.05. The number of thiophene rings is 1. The number of carboxylic acid groups (broad SMARTS) is 1. The van der Waals surface area contributed by atoms with Gasteiger partial charge in [-0.2, -0.15) is 0 Å².